The minimum Gasteiger partial charge on any atom is -0.414 e. The first kappa shape index (κ1) is 119. The molecule has 53 heteroatoms. The molecule has 15 atom stereocenters. The zero-order chi connectivity index (χ0) is 106. The molecule has 5 aliphatic heterocycles. The van der Waals surface area contributed by atoms with E-state index in [9.17, 15) is 24.9 Å². The number of imidazole rings is 5. The van der Waals surface area contributed by atoms with Crippen LogP contribution in [0, 0.1) is 11.3 Å². The number of halogens is 5. The Balaban J connectivity index is 0.000000209. The van der Waals surface area contributed by atoms with Crippen LogP contribution in [-0.2, 0) is 51.2 Å². The summed E-state index contributed by atoms with van der Waals surface area (Å²) in [6.45, 7) is 60.6. The molecular weight excluding hydrogens is 2060 g/mol. The Morgan fingerprint density at radius 3 is 0.965 bits per heavy atom. The van der Waals surface area contributed by atoms with Crippen molar-refractivity contribution in [1.82, 2.24) is 97.6 Å². The van der Waals surface area contributed by atoms with Gasteiger partial charge in [0.1, 0.15) is 78.2 Å². The van der Waals surface area contributed by atoms with E-state index in [-0.39, 0.29) is 146 Å². The molecule has 0 aliphatic carbocycles. The van der Waals surface area contributed by atoms with Gasteiger partial charge in [-0.15, -0.1) is 26.3 Å². The molecular formula is C89H141BrCl4N26O18Si4. The van der Waals surface area contributed by atoms with Crippen LogP contribution >= 0.6 is 61.8 Å². The number of fused-ring (bicyclic) bond motifs is 5. The van der Waals surface area contributed by atoms with Gasteiger partial charge in [0.25, 0.3) is 11.1 Å². The Kier molecular flexibility index (Phi) is 43.0. The molecule has 0 amide bonds. The van der Waals surface area contributed by atoms with Crippen molar-refractivity contribution >= 4 is 180 Å². The van der Waals surface area contributed by atoms with Gasteiger partial charge in [0.2, 0.25) is 29.7 Å². The third kappa shape index (κ3) is 30.9. The van der Waals surface area contributed by atoms with Crippen LogP contribution in [0.3, 0.4) is 0 Å². The maximum absolute atomic E-state index is 12.1. The Bertz CT molecular complexity index is 5980. The second-order valence-corrected chi connectivity index (χ2v) is 63.4. The van der Waals surface area contributed by atoms with E-state index in [1.807, 2.05) is 4.57 Å². The molecule has 0 radical (unpaired) electrons. The number of H-pyrrole nitrogens is 2. The summed E-state index contributed by atoms with van der Waals surface area (Å²) in [5.41, 5.74) is 31.5. The van der Waals surface area contributed by atoms with Gasteiger partial charge in [0.05, 0.1) is 134 Å². The van der Waals surface area contributed by atoms with Crippen molar-refractivity contribution in [2.75, 3.05) is 93.5 Å². The zero-order valence-electron chi connectivity index (χ0n) is 84.3. The Hall–Kier alpha value is -8.33. The molecule has 5 fully saturated rings. The van der Waals surface area contributed by atoms with Crippen LogP contribution in [0.4, 0.5) is 29.7 Å². The maximum Gasteiger partial charge on any atom is 0.280 e. The van der Waals surface area contributed by atoms with E-state index in [1.165, 1.54) is 12.7 Å². The van der Waals surface area contributed by atoms with Gasteiger partial charge >= 0.3 is 0 Å². The van der Waals surface area contributed by atoms with Gasteiger partial charge in [-0.3, -0.25) is 42.4 Å². The molecule has 5 aliphatic rings. The molecule has 142 heavy (non-hydrogen) atoms. The minimum atomic E-state index is -1.93. The van der Waals surface area contributed by atoms with Gasteiger partial charge in [-0.2, -0.15) is 56.2 Å². The van der Waals surface area contributed by atoms with Gasteiger partial charge < -0.3 is 105 Å². The maximum atomic E-state index is 12.1. The zero-order valence-corrected chi connectivity index (χ0v) is 92.9. The van der Waals surface area contributed by atoms with Gasteiger partial charge in [-0.1, -0.05) is 171 Å². The van der Waals surface area contributed by atoms with Crippen LogP contribution in [0.1, 0.15) is 153 Å². The first-order chi connectivity index (χ1) is 66.4. The van der Waals surface area contributed by atoms with Crippen molar-refractivity contribution in [3.05, 3.63) is 118 Å². The topological polar surface area (TPSA) is 615 Å². The van der Waals surface area contributed by atoms with Crippen molar-refractivity contribution in [2.45, 2.75) is 286 Å². The molecule has 0 aromatic carbocycles. The quantitative estimate of drug-likeness (QED) is 0.00748. The van der Waals surface area contributed by atoms with E-state index < -0.39 is 87.1 Å². The summed E-state index contributed by atoms with van der Waals surface area (Å²) in [6.07, 6.45) is 11.5. The summed E-state index contributed by atoms with van der Waals surface area (Å²) < 4.78 is 75.0. The number of aliphatic hydroxyl groups excluding tert-OH is 5. The number of aromatic nitrogens is 20. The number of ether oxygens (including phenoxy) is 8. The predicted molar refractivity (Wildman–Crippen MR) is 562 cm³/mol. The minimum absolute atomic E-state index is 0.00964. The van der Waals surface area contributed by atoms with E-state index in [0.717, 1.165) is 5.33 Å². The van der Waals surface area contributed by atoms with Gasteiger partial charge in [0.15, 0.2) is 87.1 Å². The molecule has 10 aromatic rings. The monoisotopic (exact) mass is 2190 g/mol. The number of nitrogens with one attached hydrogen (secondary N) is 2. The van der Waals surface area contributed by atoms with Crippen LogP contribution < -0.4 is 39.8 Å². The lowest BCUT2D eigenvalue weighted by molar-refractivity contribution is -0.0561. The van der Waals surface area contributed by atoms with Crippen LogP contribution in [0.5, 0.6) is 0 Å². The molecule has 15 heterocycles. The average Bonchev–Trinajstić information content (AvgIpc) is 1.64. The molecule has 15 rings (SSSR count). The number of allylic oxidation sites excluding steroid dienone is 1. The molecule has 0 unspecified atom stereocenters. The van der Waals surface area contributed by atoms with Crippen LogP contribution in [0.25, 0.3) is 55.8 Å². The summed E-state index contributed by atoms with van der Waals surface area (Å²) in [5, 5.41) is 56.3. The molecule has 5 saturated heterocycles. The number of nitriles is 1. The van der Waals surface area contributed by atoms with E-state index >= 15 is 0 Å². The highest BCUT2D eigenvalue weighted by atomic mass is 79.9. The van der Waals surface area contributed by atoms with E-state index in [4.69, 9.17) is 141 Å². The van der Waals surface area contributed by atoms with Crippen molar-refractivity contribution in [3.63, 3.8) is 0 Å². The third-order valence-corrected chi connectivity index (χ3v) is 45.6. The van der Waals surface area contributed by atoms with Crippen molar-refractivity contribution < 1.29 is 76.7 Å². The van der Waals surface area contributed by atoms with E-state index in [1.54, 1.807) is 67.6 Å². The first-order valence-corrected chi connectivity index (χ1v) is 61.1. The lowest BCUT2D eigenvalue weighted by atomic mass is 10.2. The van der Waals surface area contributed by atoms with Crippen molar-refractivity contribution in [3.8, 4) is 6.07 Å². The summed E-state index contributed by atoms with van der Waals surface area (Å²) in [7, 11) is -7.14. The van der Waals surface area contributed by atoms with Gasteiger partial charge in [-0.25, -0.2) is 24.9 Å². The second kappa shape index (κ2) is 51.3. The highest BCUT2D eigenvalue weighted by molar-refractivity contribution is 9.09. The number of aromatic amines is 2. The fraction of sp³-hybridized carbons (Fsp3) is 0.618. The lowest BCUT2D eigenvalue weighted by Gasteiger charge is -2.37. The summed E-state index contributed by atoms with van der Waals surface area (Å²) in [6, 6.07) is 1.77. The fourth-order valence-corrected chi connectivity index (χ4v) is 17.2. The number of nitrogen functional groups attached to an aromatic ring is 5. The smallest absolute Gasteiger partial charge is 0.280 e. The molecule has 0 bridgehead atoms. The first-order valence-electron chi connectivity index (χ1n) is 46.1. The van der Waals surface area contributed by atoms with Crippen LogP contribution in [-0.4, -0.2) is 281 Å². The third-order valence-electron chi connectivity index (χ3n) is 25.6. The SMILES string of the molecule is C=CCBr.C=CCO[C@@H]1C[C@H](n2cnc3c(=O)[nH]c(N)nc32)O[C@@H]1CO.C=CCO[C@@H]1C[C@H](n2cnc3c(=O)[nH]c(N)nc32)O[C@@H]1CO[Si](C)(C)C(C)(C)C.C=CCO[C@@H]1C[C@H](n2cnc3c(Cl)nc(N)nc32)O[C@@H]1CO[Si](C)(C)C(C)(C)C.CC(C)(C)[Si](C)(C)Cl.CC(C)(C)[Si](C)(C)OC[C@H]1O[C@@H](n2cnc3c(Cl)nc(N)nc32)C[C@H]1O.N#CCCO.Nc1nc(Cl)c2ncn([C@H]3C[C@@H](O)[C@@H](CO)O3)c2n1. The number of nitrogens with zero attached hydrogens (tertiary/aromatic N) is 19. The Morgan fingerprint density at radius 2 is 0.704 bits per heavy atom. The number of alkyl halides is 1. The summed E-state index contributed by atoms with van der Waals surface area (Å²) >= 11 is 27.4. The molecule has 44 nitrogen and oxygen atoms in total. The van der Waals surface area contributed by atoms with E-state index in [0.29, 0.717) is 122 Å². The summed E-state index contributed by atoms with van der Waals surface area (Å²) in [5.74, 6) is 0.256. The predicted octanol–water partition coefficient (Wildman–Crippen LogP) is 13.2. The van der Waals surface area contributed by atoms with Gasteiger partial charge in [0, 0.05) is 37.4 Å². The number of hydrogen-bond donors (Lipinski definition) is 12. The highest BCUT2D eigenvalue weighted by Gasteiger charge is 2.47. The normalized spacial score (nSPS) is 22.6. The average molecular weight is 2200 g/mol. The van der Waals surface area contributed by atoms with Crippen molar-refractivity contribution in [1.29, 1.82) is 5.26 Å². The standard InChI is InChI=1S/C19H30ClN5O3Si.C19H31N5O4Si.C16H26ClN5O3Si.C13H17N5O4.C10H12ClN5O3.C6H15ClSi.C3H5Br.C3H5NO/c1-7-8-26-12-9-14(28-13(12)10-27-29(5,6)19(2,3)4)25-11-22-15-16(20)23-18(21)24-17(15)25;1-7-8-26-12-9-14(28-13(12)10-27-29(5,6)19(2,3)4)24-11-21-15-16(24)22-18(20)23-17(15)25;1-16(2,3)26(4,5)24-7-10-9(23)6-11(25-10)22-8-19-12-13(17)20-15(18)21-14(12)22;1-2-3-21-7-4-9(22-8(7)5-19)18-6-15-10-11(18)16-13(14)17-12(10)20;11-8-7-9(15-10(12)14-8)16(3-13-7)6-1-4(18)5(2-17)19-6;1-6(2,3)8(4,5)7;1-2-3-4;4-2-1-3-5/h7,11-14H,1,8-10H2,2-6H3,(H2,21,23,24);7,11-14H,1,8-10H2,2-6H3,(H3,20,22,23,25);8-11,23H,6-7H2,1-5H3,(H2,18,20,21);2,6-9,19H,1,3-5H2,(H3,14,16,17,20);3-6,17-18H,1-2H2,(H2,12,14,15);1-5H3;2H,1,3H2;5H,1,3H2/t2*12-,13-,14-;9-,10-,11-;7-,8-,9-;4-,5-,6-;;;/m11111.../s1. The molecule has 17 N–H and O–H groups in total. The Morgan fingerprint density at radius 1 is 0.444 bits per heavy atom. The molecule has 0 spiro atoms. The van der Waals surface area contributed by atoms with Gasteiger partial charge in [-0.05, 0) is 59.4 Å². The fourth-order valence-electron chi connectivity index (χ4n) is 13.5. The molecule has 786 valence electrons. The number of aliphatic hydroxyl groups is 5. The number of hydrogen-bond acceptors (Lipinski definition) is 37. The largest absolute Gasteiger partial charge is 0.414 e. The van der Waals surface area contributed by atoms with Crippen LogP contribution in [0.2, 0.25) is 88.0 Å². The number of rotatable bonds is 27. The summed E-state index contributed by atoms with van der Waals surface area (Å²) in [4.78, 5) is 82.2. The number of anilines is 5. The lowest BCUT2D eigenvalue weighted by Crippen LogP contribution is -2.44. The van der Waals surface area contributed by atoms with E-state index in [2.05, 4.69) is 252 Å². The highest BCUT2D eigenvalue weighted by Crippen LogP contribution is 2.45. The van der Waals surface area contributed by atoms with Crippen molar-refractivity contribution in [2.24, 2.45) is 0 Å². The molecule has 0 saturated carbocycles. The number of nitrogens with two attached hydrogens (primary N) is 5. The Labute approximate surface area is 857 Å². The molecule has 10 aromatic heterocycles. The second-order valence-electron chi connectivity index (χ2n) is 40.0. The van der Waals surface area contributed by atoms with Crippen LogP contribution in [0.15, 0.2) is 91.8 Å².